The monoisotopic (exact) mass is 429 g/mol. The van der Waals surface area contributed by atoms with Gasteiger partial charge in [-0.1, -0.05) is 61.9 Å². The molecule has 1 N–H and O–H groups in total. The lowest BCUT2D eigenvalue weighted by Crippen LogP contribution is -2.41. The first-order valence-corrected chi connectivity index (χ1v) is 11.0. The van der Waals surface area contributed by atoms with E-state index >= 15 is 0 Å². The summed E-state index contributed by atoms with van der Waals surface area (Å²) in [6, 6.07) is 23.6. The summed E-state index contributed by atoms with van der Waals surface area (Å²) in [6.45, 7) is 3.06. The minimum absolute atomic E-state index is 0.294. The molecule has 5 nitrogen and oxygen atoms in total. The molecule has 0 aliphatic carbocycles. The molecule has 1 unspecified atom stereocenters. The molecular formula is C27H27NO4. The Morgan fingerprint density at radius 2 is 1.66 bits per heavy atom. The number of hydrogen-bond acceptors (Lipinski definition) is 4. The van der Waals surface area contributed by atoms with Gasteiger partial charge in [0.25, 0.3) is 5.91 Å². The van der Waals surface area contributed by atoms with Crippen molar-refractivity contribution in [3.63, 3.8) is 0 Å². The van der Waals surface area contributed by atoms with E-state index in [4.69, 9.17) is 4.74 Å². The fourth-order valence-electron chi connectivity index (χ4n) is 4.01. The Balaban J connectivity index is 1.55. The van der Waals surface area contributed by atoms with Crippen LogP contribution in [0.4, 0.5) is 5.69 Å². The topological polar surface area (TPSA) is 66.8 Å². The average molecular weight is 430 g/mol. The second kappa shape index (κ2) is 9.37. The molecule has 0 saturated carbocycles. The number of unbranched alkanes of at least 4 members (excludes halogenated alkanes) is 1. The number of carbonyl (C=O) groups is 2. The van der Waals surface area contributed by atoms with Crippen molar-refractivity contribution in [1.82, 2.24) is 0 Å². The van der Waals surface area contributed by atoms with Crippen molar-refractivity contribution < 1.29 is 19.4 Å². The number of carbonyl (C=O) groups excluding carboxylic acids is 2. The molecule has 1 aliphatic rings. The van der Waals surface area contributed by atoms with Gasteiger partial charge in [0.05, 0.1) is 25.3 Å². The predicted molar refractivity (Wildman–Crippen MR) is 124 cm³/mol. The van der Waals surface area contributed by atoms with Crippen molar-refractivity contribution in [2.24, 2.45) is 0 Å². The normalized spacial score (nSPS) is 17.3. The molecule has 1 heterocycles. The molecule has 5 heteroatoms. The van der Waals surface area contributed by atoms with Crippen LogP contribution < -0.4 is 9.64 Å². The third-order valence-electron chi connectivity index (χ3n) is 5.78. The van der Waals surface area contributed by atoms with Gasteiger partial charge in [0.2, 0.25) is 0 Å². The van der Waals surface area contributed by atoms with E-state index in [2.05, 4.69) is 6.92 Å². The fraction of sp³-hybridized carbons (Fsp3) is 0.259. The van der Waals surface area contributed by atoms with Crippen molar-refractivity contribution in [3.8, 4) is 5.75 Å². The second-order valence-electron chi connectivity index (χ2n) is 8.08. The Hall–Kier alpha value is -3.44. The van der Waals surface area contributed by atoms with Gasteiger partial charge in [-0.3, -0.25) is 9.59 Å². The van der Waals surface area contributed by atoms with Gasteiger partial charge in [-0.2, -0.15) is 0 Å². The molecule has 4 rings (SSSR count). The van der Waals surface area contributed by atoms with Gasteiger partial charge in [-0.05, 0) is 42.3 Å². The molecule has 1 amide bonds. The molecule has 0 spiro atoms. The summed E-state index contributed by atoms with van der Waals surface area (Å²) in [5.74, 6) is -0.0715. The van der Waals surface area contributed by atoms with Crippen LogP contribution in [-0.2, 0) is 16.9 Å². The summed E-state index contributed by atoms with van der Waals surface area (Å²) in [5, 5.41) is 11.5. The van der Waals surface area contributed by atoms with Crippen LogP contribution in [0.1, 0.15) is 47.7 Å². The first-order chi connectivity index (χ1) is 15.5. The second-order valence-corrected chi connectivity index (χ2v) is 8.08. The average Bonchev–Trinajstić information content (AvgIpc) is 3.02. The van der Waals surface area contributed by atoms with Crippen molar-refractivity contribution >= 4 is 17.4 Å². The van der Waals surface area contributed by atoms with Crippen molar-refractivity contribution in [3.05, 3.63) is 95.6 Å². The molecule has 3 aromatic carbocycles. The maximum atomic E-state index is 13.4. The van der Waals surface area contributed by atoms with E-state index in [1.165, 1.54) is 0 Å². The zero-order chi connectivity index (χ0) is 22.6. The third kappa shape index (κ3) is 4.30. The largest absolute Gasteiger partial charge is 0.494 e. The number of rotatable bonds is 9. The number of benzene rings is 3. The maximum Gasteiger partial charge on any atom is 0.264 e. The third-order valence-corrected chi connectivity index (χ3v) is 5.78. The molecule has 0 saturated heterocycles. The number of para-hydroxylation sites is 1. The van der Waals surface area contributed by atoms with E-state index < -0.39 is 11.5 Å². The molecular weight excluding hydrogens is 402 g/mol. The number of anilines is 1. The Kier molecular flexibility index (Phi) is 6.37. The maximum absolute atomic E-state index is 13.4. The number of nitrogens with zero attached hydrogens (tertiary/aromatic N) is 1. The van der Waals surface area contributed by atoms with Crippen LogP contribution in [0.15, 0.2) is 78.9 Å². The first kappa shape index (κ1) is 21.8. The van der Waals surface area contributed by atoms with Crippen LogP contribution in [0.2, 0.25) is 0 Å². The number of ketones is 1. The van der Waals surface area contributed by atoms with Crippen LogP contribution in [-0.4, -0.2) is 23.4 Å². The Morgan fingerprint density at radius 1 is 0.969 bits per heavy atom. The highest BCUT2D eigenvalue weighted by Gasteiger charge is 2.50. The van der Waals surface area contributed by atoms with Crippen molar-refractivity contribution in [2.75, 3.05) is 11.5 Å². The van der Waals surface area contributed by atoms with Gasteiger partial charge in [0.1, 0.15) is 5.75 Å². The fourth-order valence-corrected chi connectivity index (χ4v) is 4.01. The standard InChI is InChI=1S/C27H27NO4/c1-2-3-17-32-22-15-13-21(14-16-22)25(29)18-27(31)23-11-7-8-12-24(23)28(26(27)30)19-20-9-5-4-6-10-20/h4-16,31H,2-3,17-19H2,1H3. The summed E-state index contributed by atoms with van der Waals surface area (Å²) in [5.41, 5.74) is 0.599. The summed E-state index contributed by atoms with van der Waals surface area (Å²) >= 11 is 0. The number of aliphatic hydroxyl groups is 1. The van der Waals surface area contributed by atoms with Crippen LogP contribution in [0.25, 0.3) is 0 Å². The van der Waals surface area contributed by atoms with Gasteiger partial charge in [0, 0.05) is 11.1 Å². The number of fused-ring (bicyclic) bond motifs is 1. The minimum atomic E-state index is -1.89. The molecule has 0 radical (unpaired) electrons. The molecule has 0 bridgehead atoms. The van der Waals surface area contributed by atoms with Crippen LogP contribution in [0.3, 0.4) is 0 Å². The molecule has 164 valence electrons. The van der Waals surface area contributed by atoms with E-state index in [1.54, 1.807) is 47.4 Å². The summed E-state index contributed by atoms with van der Waals surface area (Å²) < 4.78 is 5.65. The summed E-state index contributed by atoms with van der Waals surface area (Å²) in [4.78, 5) is 27.9. The molecule has 1 aliphatic heterocycles. The molecule has 1 atom stereocenters. The first-order valence-electron chi connectivity index (χ1n) is 11.0. The van der Waals surface area contributed by atoms with E-state index in [9.17, 15) is 14.7 Å². The van der Waals surface area contributed by atoms with Gasteiger partial charge >= 0.3 is 0 Å². The van der Waals surface area contributed by atoms with E-state index in [0.29, 0.717) is 35.7 Å². The van der Waals surface area contributed by atoms with Gasteiger partial charge < -0.3 is 14.7 Å². The highest BCUT2D eigenvalue weighted by atomic mass is 16.5. The minimum Gasteiger partial charge on any atom is -0.494 e. The Bertz CT molecular complexity index is 1090. The lowest BCUT2D eigenvalue weighted by molar-refractivity contribution is -0.136. The lowest BCUT2D eigenvalue weighted by atomic mass is 9.88. The number of Topliss-reactive ketones (excluding diaryl/α,β-unsaturated/α-hetero) is 1. The number of amides is 1. The van der Waals surface area contributed by atoms with Gasteiger partial charge in [-0.15, -0.1) is 0 Å². The lowest BCUT2D eigenvalue weighted by Gasteiger charge is -2.23. The molecule has 0 aromatic heterocycles. The highest BCUT2D eigenvalue weighted by Crippen LogP contribution is 2.43. The van der Waals surface area contributed by atoms with E-state index in [-0.39, 0.29) is 12.2 Å². The zero-order valence-corrected chi connectivity index (χ0v) is 18.2. The van der Waals surface area contributed by atoms with Crippen molar-refractivity contribution in [1.29, 1.82) is 0 Å². The van der Waals surface area contributed by atoms with Crippen LogP contribution in [0.5, 0.6) is 5.75 Å². The summed E-state index contributed by atoms with van der Waals surface area (Å²) in [6.07, 6.45) is 1.70. The molecule has 0 fully saturated rings. The Morgan fingerprint density at radius 3 is 2.38 bits per heavy atom. The SMILES string of the molecule is CCCCOc1ccc(C(=O)CC2(O)C(=O)N(Cc3ccccc3)c3ccccc32)cc1. The number of ether oxygens (including phenoxy) is 1. The molecule has 3 aromatic rings. The zero-order valence-electron chi connectivity index (χ0n) is 18.2. The van der Waals surface area contributed by atoms with E-state index in [0.717, 1.165) is 18.4 Å². The summed E-state index contributed by atoms with van der Waals surface area (Å²) in [7, 11) is 0. The smallest absolute Gasteiger partial charge is 0.264 e. The predicted octanol–water partition coefficient (Wildman–Crippen LogP) is 4.87. The highest BCUT2D eigenvalue weighted by molar-refractivity contribution is 6.10. The quantitative estimate of drug-likeness (QED) is 0.389. The van der Waals surface area contributed by atoms with Gasteiger partial charge in [-0.25, -0.2) is 0 Å². The number of hydrogen-bond donors (Lipinski definition) is 1. The molecule has 32 heavy (non-hydrogen) atoms. The Labute approximate surface area is 188 Å². The van der Waals surface area contributed by atoms with Crippen LogP contribution >= 0.6 is 0 Å². The van der Waals surface area contributed by atoms with Crippen molar-refractivity contribution in [2.45, 2.75) is 38.3 Å². The van der Waals surface area contributed by atoms with E-state index in [1.807, 2.05) is 36.4 Å². The van der Waals surface area contributed by atoms with Crippen LogP contribution in [0, 0.1) is 0 Å². The van der Waals surface area contributed by atoms with Gasteiger partial charge in [0.15, 0.2) is 11.4 Å².